The highest BCUT2D eigenvalue weighted by atomic mass is 35.5. The molecule has 0 spiro atoms. The average Bonchev–Trinajstić information content (AvgIpc) is 3.10. The van der Waals surface area contributed by atoms with Gasteiger partial charge < -0.3 is 29.2 Å². The van der Waals surface area contributed by atoms with Crippen molar-refractivity contribution in [3.63, 3.8) is 0 Å². The summed E-state index contributed by atoms with van der Waals surface area (Å²) < 4.78 is 21.9. The van der Waals surface area contributed by atoms with Crippen molar-refractivity contribution < 1.29 is 28.5 Å². The lowest BCUT2D eigenvalue weighted by Crippen LogP contribution is -2.36. The van der Waals surface area contributed by atoms with Crippen molar-refractivity contribution in [3.05, 3.63) is 53.1 Å². The van der Waals surface area contributed by atoms with E-state index in [1.54, 1.807) is 18.2 Å². The molecular weight excluding hydrogens is 460 g/mol. The quantitative estimate of drug-likeness (QED) is 0.489. The zero-order chi connectivity index (χ0) is 23.9. The van der Waals surface area contributed by atoms with Gasteiger partial charge in [-0.05, 0) is 55.0 Å². The van der Waals surface area contributed by atoms with Gasteiger partial charge >= 0.3 is 5.97 Å². The fourth-order valence-corrected chi connectivity index (χ4v) is 3.87. The van der Waals surface area contributed by atoms with Gasteiger partial charge in [-0.25, -0.2) is 4.79 Å². The number of amides is 1. The average molecular weight is 487 g/mol. The van der Waals surface area contributed by atoms with Gasteiger partial charge in [0.15, 0.2) is 17.6 Å². The minimum atomic E-state index is -0.969. The van der Waals surface area contributed by atoms with Crippen molar-refractivity contribution in [3.8, 4) is 11.5 Å². The summed E-state index contributed by atoms with van der Waals surface area (Å²) in [4.78, 5) is 26.9. The molecule has 8 nitrogen and oxygen atoms in total. The number of benzene rings is 2. The number of anilines is 2. The Morgan fingerprint density at radius 1 is 1.09 bits per heavy atom. The summed E-state index contributed by atoms with van der Waals surface area (Å²) in [5, 5.41) is 3.17. The highest BCUT2D eigenvalue weighted by Crippen LogP contribution is 2.38. The Hall–Kier alpha value is -3.23. The first-order valence-electron chi connectivity index (χ1n) is 11.2. The van der Waals surface area contributed by atoms with Crippen LogP contribution in [-0.2, 0) is 19.1 Å². The number of esters is 1. The van der Waals surface area contributed by atoms with E-state index in [1.807, 2.05) is 24.3 Å². The summed E-state index contributed by atoms with van der Waals surface area (Å²) in [7, 11) is 0. The highest BCUT2D eigenvalue weighted by Gasteiger charge is 2.18. The number of hydrogen-bond acceptors (Lipinski definition) is 7. The van der Waals surface area contributed by atoms with E-state index in [1.165, 1.54) is 13.0 Å². The van der Waals surface area contributed by atoms with Crippen LogP contribution in [0.1, 0.15) is 18.9 Å². The first-order valence-corrected chi connectivity index (χ1v) is 11.6. The number of ether oxygens (including phenoxy) is 4. The van der Waals surface area contributed by atoms with Crippen LogP contribution in [0, 0.1) is 0 Å². The summed E-state index contributed by atoms with van der Waals surface area (Å²) in [5.41, 5.74) is 2.35. The van der Waals surface area contributed by atoms with Crippen LogP contribution in [0.5, 0.6) is 11.5 Å². The lowest BCUT2D eigenvalue weighted by atomic mass is 10.2. The molecule has 1 N–H and O–H groups in total. The van der Waals surface area contributed by atoms with Crippen LogP contribution in [0.15, 0.2) is 42.5 Å². The van der Waals surface area contributed by atoms with Crippen molar-refractivity contribution in [2.75, 3.05) is 49.7 Å². The fraction of sp³-hybridized carbons (Fsp3) is 0.360. The third kappa shape index (κ3) is 6.21. The zero-order valence-corrected chi connectivity index (χ0v) is 19.7. The van der Waals surface area contributed by atoms with Crippen molar-refractivity contribution >= 4 is 40.9 Å². The van der Waals surface area contributed by atoms with E-state index < -0.39 is 18.0 Å². The van der Waals surface area contributed by atoms with Gasteiger partial charge in [0.2, 0.25) is 0 Å². The van der Waals surface area contributed by atoms with Crippen LogP contribution in [0.25, 0.3) is 6.08 Å². The van der Waals surface area contributed by atoms with E-state index in [2.05, 4.69) is 10.2 Å². The van der Waals surface area contributed by atoms with E-state index in [0.29, 0.717) is 54.2 Å². The van der Waals surface area contributed by atoms with E-state index in [-0.39, 0.29) is 0 Å². The second-order valence-electron chi connectivity index (χ2n) is 7.93. The number of hydrogen-bond donors (Lipinski definition) is 1. The molecule has 2 aliphatic heterocycles. The molecule has 0 bridgehead atoms. The van der Waals surface area contributed by atoms with Gasteiger partial charge in [0.1, 0.15) is 0 Å². The molecule has 9 heteroatoms. The van der Waals surface area contributed by atoms with Crippen molar-refractivity contribution in [2.45, 2.75) is 19.4 Å². The maximum Gasteiger partial charge on any atom is 0.331 e. The molecule has 1 amide bonds. The molecule has 0 aromatic heterocycles. The Balaban J connectivity index is 1.30. The van der Waals surface area contributed by atoms with Gasteiger partial charge in [-0.2, -0.15) is 0 Å². The third-order valence-corrected chi connectivity index (χ3v) is 5.69. The number of fused-ring (bicyclic) bond motifs is 1. The Morgan fingerprint density at radius 2 is 1.82 bits per heavy atom. The standard InChI is InChI=1S/C25H27ClN2O6/c1-17(25(30)27-19-4-6-20(7-5-19)28-9-13-31-14-10-28)34-23(29)8-3-18-15-21(26)24-22(16-18)32-11-2-12-33-24/h3-8,15-17H,2,9-14H2,1H3,(H,27,30). The van der Waals surface area contributed by atoms with Crippen LogP contribution in [0.4, 0.5) is 11.4 Å². The van der Waals surface area contributed by atoms with Crippen LogP contribution in [0.2, 0.25) is 5.02 Å². The Kier molecular flexibility index (Phi) is 7.92. The van der Waals surface area contributed by atoms with Crippen molar-refractivity contribution in [1.82, 2.24) is 0 Å². The topological polar surface area (TPSA) is 86.3 Å². The van der Waals surface area contributed by atoms with Gasteiger partial charge in [0, 0.05) is 37.0 Å². The summed E-state index contributed by atoms with van der Waals surface area (Å²) in [6.07, 6.45) is 2.60. The maximum atomic E-state index is 12.5. The minimum Gasteiger partial charge on any atom is -0.489 e. The molecule has 2 aromatic carbocycles. The van der Waals surface area contributed by atoms with Gasteiger partial charge in [-0.3, -0.25) is 4.79 Å². The van der Waals surface area contributed by atoms with Gasteiger partial charge in [0.25, 0.3) is 5.91 Å². The van der Waals surface area contributed by atoms with E-state index >= 15 is 0 Å². The van der Waals surface area contributed by atoms with Crippen LogP contribution in [0.3, 0.4) is 0 Å². The number of carbonyl (C=O) groups is 2. The predicted molar refractivity (Wildman–Crippen MR) is 130 cm³/mol. The van der Waals surface area contributed by atoms with Crippen LogP contribution >= 0.6 is 11.6 Å². The molecule has 2 heterocycles. The largest absolute Gasteiger partial charge is 0.489 e. The smallest absolute Gasteiger partial charge is 0.331 e. The first kappa shape index (κ1) is 23.9. The summed E-state index contributed by atoms with van der Waals surface area (Å²) in [5.74, 6) is -0.0272. The molecule has 1 atom stereocenters. The molecule has 1 unspecified atom stereocenters. The maximum absolute atomic E-state index is 12.5. The van der Waals surface area contributed by atoms with Crippen molar-refractivity contribution in [1.29, 1.82) is 0 Å². The van der Waals surface area contributed by atoms with Crippen LogP contribution < -0.4 is 19.7 Å². The van der Waals surface area contributed by atoms with E-state index in [9.17, 15) is 9.59 Å². The number of morpholine rings is 1. The molecule has 1 saturated heterocycles. The number of nitrogens with one attached hydrogen (secondary N) is 1. The Bertz CT molecular complexity index is 1050. The molecule has 0 saturated carbocycles. The van der Waals surface area contributed by atoms with E-state index in [4.69, 9.17) is 30.5 Å². The lowest BCUT2D eigenvalue weighted by Gasteiger charge is -2.28. The van der Waals surface area contributed by atoms with Gasteiger partial charge in [0.05, 0.1) is 31.5 Å². The molecular formula is C25H27ClN2O6. The predicted octanol–water partition coefficient (Wildman–Crippen LogP) is 3.92. The van der Waals surface area contributed by atoms with Gasteiger partial charge in [-0.1, -0.05) is 11.6 Å². The highest BCUT2D eigenvalue weighted by molar-refractivity contribution is 6.32. The second kappa shape index (κ2) is 11.3. The minimum absolute atomic E-state index is 0.403. The number of carbonyl (C=O) groups excluding carboxylic acids is 2. The van der Waals surface area contributed by atoms with Crippen molar-refractivity contribution in [2.24, 2.45) is 0 Å². The van der Waals surface area contributed by atoms with E-state index in [0.717, 1.165) is 25.2 Å². The van der Waals surface area contributed by atoms with Crippen LogP contribution in [-0.4, -0.2) is 57.5 Å². The first-order chi connectivity index (χ1) is 16.5. The Morgan fingerprint density at radius 3 is 2.59 bits per heavy atom. The molecule has 4 rings (SSSR count). The SMILES string of the molecule is CC(OC(=O)C=Cc1cc(Cl)c2c(c1)OCCCO2)C(=O)Nc1ccc(N2CCOCC2)cc1. The number of rotatable bonds is 6. The normalized spacial score (nSPS) is 16.6. The molecule has 0 radical (unpaired) electrons. The lowest BCUT2D eigenvalue weighted by molar-refractivity contribution is -0.148. The zero-order valence-electron chi connectivity index (χ0n) is 18.9. The number of halogens is 1. The molecule has 2 aromatic rings. The molecule has 34 heavy (non-hydrogen) atoms. The third-order valence-electron chi connectivity index (χ3n) is 5.41. The molecule has 180 valence electrons. The monoisotopic (exact) mass is 486 g/mol. The Labute approximate surface area is 203 Å². The fourth-order valence-electron chi connectivity index (χ4n) is 3.60. The summed E-state index contributed by atoms with van der Waals surface area (Å²) in [6, 6.07) is 11.0. The summed E-state index contributed by atoms with van der Waals surface area (Å²) >= 11 is 6.28. The molecule has 2 aliphatic rings. The van der Waals surface area contributed by atoms with Gasteiger partial charge in [-0.15, -0.1) is 0 Å². The second-order valence-corrected chi connectivity index (χ2v) is 8.34. The molecule has 1 fully saturated rings. The summed E-state index contributed by atoms with van der Waals surface area (Å²) in [6.45, 7) is 5.67. The molecule has 0 aliphatic carbocycles. The number of nitrogens with zero attached hydrogens (tertiary/aromatic N) is 1.